The Kier molecular flexibility index (Phi) is 3.84. The molecular weight excluding hydrogens is 276 g/mol. The fourth-order valence-electron chi connectivity index (χ4n) is 1.67. The number of halogens is 2. The molecule has 0 N–H and O–H groups in total. The summed E-state index contributed by atoms with van der Waals surface area (Å²) in [6, 6.07) is 11.7. The van der Waals surface area contributed by atoms with Crippen LogP contribution in [0.25, 0.3) is 0 Å². The fraction of sp³-hybridized carbons (Fsp3) is 0.455. The molecule has 0 nitrogen and oxygen atoms in total. The van der Waals surface area contributed by atoms with Gasteiger partial charge in [-0.15, -0.1) is 26.9 Å². The number of alkyl halides is 1. The summed E-state index contributed by atoms with van der Waals surface area (Å²) < 4.78 is -0.164. The Morgan fingerprint density at radius 2 is 1.79 bits per heavy atom. The molecule has 14 heavy (non-hydrogen) atoms. The average molecular weight is 292 g/mol. The molecule has 3 heteroatoms. The molecule has 0 spiro atoms. The molecule has 0 radical (unpaired) electrons. The van der Waals surface area contributed by atoms with Crippen molar-refractivity contribution in [1.82, 2.24) is 0 Å². The highest BCUT2D eigenvalue weighted by atomic mass is 79.9. The van der Waals surface area contributed by atoms with Crippen molar-refractivity contribution >= 4 is 38.8 Å². The third kappa shape index (κ3) is 2.23. The molecule has 1 unspecified atom stereocenters. The van der Waals surface area contributed by atoms with Crippen molar-refractivity contribution in [2.45, 2.75) is 31.3 Å². The van der Waals surface area contributed by atoms with Gasteiger partial charge in [-0.3, -0.25) is 0 Å². The van der Waals surface area contributed by atoms with Crippen molar-refractivity contribution in [3.05, 3.63) is 30.3 Å². The number of benzene rings is 1. The minimum Gasteiger partial charge on any atom is -0.122 e. The first kappa shape index (κ1) is 12.3. The first-order valence-corrected chi connectivity index (χ1v) is 9.69. The van der Waals surface area contributed by atoms with Gasteiger partial charge in [0.05, 0.1) is 0 Å². The van der Waals surface area contributed by atoms with Gasteiger partial charge in [0.25, 0.3) is 0 Å². The first-order valence-electron chi connectivity index (χ1n) is 4.85. The Balaban J connectivity index is 3.15. The van der Waals surface area contributed by atoms with E-state index < -0.39 is 6.69 Å². The highest BCUT2D eigenvalue weighted by Crippen LogP contribution is 2.34. The lowest BCUT2D eigenvalue weighted by Gasteiger charge is -2.35. The molecule has 1 aromatic carbocycles. The SMILES string of the molecule is CC[Si](Br)(c1ccccc1)C(C)(C)Cl. The van der Waals surface area contributed by atoms with E-state index in [1.807, 2.05) is 6.07 Å². The normalized spacial score (nSPS) is 16.4. The molecule has 0 heterocycles. The monoisotopic (exact) mass is 290 g/mol. The Bertz CT molecular complexity index is 294. The van der Waals surface area contributed by atoms with E-state index in [4.69, 9.17) is 11.6 Å². The third-order valence-corrected chi connectivity index (χ3v) is 14.5. The maximum Gasteiger partial charge on any atom is 0.180 e. The average Bonchev–Trinajstić information content (AvgIpc) is 2.16. The van der Waals surface area contributed by atoms with E-state index in [2.05, 4.69) is 60.3 Å². The van der Waals surface area contributed by atoms with Crippen LogP contribution in [0.1, 0.15) is 20.8 Å². The van der Waals surface area contributed by atoms with E-state index in [1.165, 1.54) is 5.19 Å². The van der Waals surface area contributed by atoms with Crippen LogP contribution in [0.4, 0.5) is 0 Å². The standard InChI is InChI=1S/C11H16BrClSi/c1-4-14(12,11(2,3)13)10-8-6-5-7-9-10/h5-9H,4H2,1-3H3. The van der Waals surface area contributed by atoms with Gasteiger partial charge in [0.2, 0.25) is 0 Å². The second-order valence-corrected chi connectivity index (χ2v) is 13.5. The highest BCUT2D eigenvalue weighted by Gasteiger charge is 2.44. The third-order valence-electron chi connectivity index (χ3n) is 2.66. The highest BCUT2D eigenvalue weighted by molar-refractivity contribution is 9.26. The van der Waals surface area contributed by atoms with Gasteiger partial charge in [-0.1, -0.05) is 37.3 Å². The second kappa shape index (κ2) is 4.38. The molecule has 0 aliphatic carbocycles. The van der Waals surface area contributed by atoms with Crippen molar-refractivity contribution in [2.75, 3.05) is 0 Å². The van der Waals surface area contributed by atoms with Gasteiger partial charge in [0, 0.05) is 4.50 Å². The van der Waals surface area contributed by atoms with Crippen molar-refractivity contribution < 1.29 is 0 Å². The van der Waals surface area contributed by atoms with Crippen molar-refractivity contribution in [3.8, 4) is 0 Å². The van der Waals surface area contributed by atoms with Crippen molar-refractivity contribution in [3.63, 3.8) is 0 Å². The van der Waals surface area contributed by atoms with Gasteiger partial charge in [-0.05, 0) is 25.1 Å². The van der Waals surface area contributed by atoms with Crippen LogP contribution in [0.3, 0.4) is 0 Å². The maximum absolute atomic E-state index is 6.49. The summed E-state index contributed by atoms with van der Waals surface area (Å²) in [4.78, 5) is 0. The number of hydrogen-bond acceptors (Lipinski definition) is 0. The van der Waals surface area contributed by atoms with Crippen LogP contribution in [0.15, 0.2) is 30.3 Å². The molecule has 0 saturated carbocycles. The van der Waals surface area contributed by atoms with E-state index in [9.17, 15) is 0 Å². The topological polar surface area (TPSA) is 0 Å². The molecule has 78 valence electrons. The minimum atomic E-state index is -1.72. The fourth-order valence-corrected chi connectivity index (χ4v) is 5.85. The molecule has 0 aliphatic heterocycles. The molecule has 1 aromatic rings. The Morgan fingerprint density at radius 1 is 1.29 bits per heavy atom. The van der Waals surface area contributed by atoms with Crippen LogP contribution in [-0.2, 0) is 0 Å². The Morgan fingerprint density at radius 3 is 2.14 bits per heavy atom. The largest absolute Gasteiger partial charge is 0.180 e. The molecule has 0 aromatic heterocycles. The smallest absolute Gasteiger partial charge is 0.122 e. The second-order valence-electron chi connectivity index (χ2n) is 3.99. The lowest BCUT2D eigenvalue weighted by molar-refractivity contribution is 0.947. The van der Waals surface area contributed by atoms with E-state index >= 15 is 0 Å². The summed E-state index contributed by atoms with van der Waals surface area (Å²) in [6.07, 6.45) is 0. The summed E-state index contributed by atoms with van der Waals surface area (Å²) in [5.41, 5.74) is 0. The summed E-state index contributed by atoms with van der Waals surface area (Å²) in [5, 5.41) is 1.38. The van der Waals surface area contributed by atoms with Crippen LogP contribution in [-0.4, -0.2) is 11.2 Å². The predicted molar refractivity (Wildman–Crippen MR) is 71.2 cm³/mol. The lowest BCUT2D eigenvalue weighted by Crippen LogP contribution is -2.55. The van der Waals surface area contributed by atoms with E-state index in [-0.39, 0.29) is 4.50 Å². The van der Waals surface area contributed by atoms with Crippen LogP contribution < -0.4 is 5.19 Å². The van der Waals surface area contributed by atoms with Gasteiger partial charge < -0.3 is 0 Å². The van der Waals surface area contributed by atoms with Gasteiger partial charge in [0.15, 0.2) is 6.69 Å². The molecule has 1 atom stereocenters. The molecule has 0 fully saturated rings. The molecule has 1 rings (SSSR count). The molecule has 0 aliphatic rings. The van der Waals surface area contributed by atoms with Crippen molar-refractivity contribution in [2.24, 2.45) is 0 Å². The number of hydrogen-bond donors (Lipinski definition) is 0. The summed E-state index contributed by atoms with van der Waals surface area (Å²) in [7, 11) is 0. The first-order chi connectivity index (χ1) is 6.42. The summed E-state index contributed by atoms with van der Waals surface area (Å²) in [6.45, 7) is 4.69. The zero-order valence-electron chi connectivity index (χ0n) is 8.85. The van der Waals surface area contributed by atoms with E-state index in [0.717, 1.165) is 6.04 Å². The molecule has 0 bridgehead atoms. The van der Waals surface area contributed by atoms with Gasteiger partial charge in [-0.25, -0.2) is 0 Å². The van der Waals surface area contributed by atoms with E-state index in [0.29, 0.717) is 0 Å². The molecule has 0 saturated heterocycles. The zero-order chi connectivity index (χ0) is 10.8. The lowest BCUT2D eigenvalue weighted by atomic mass is 10.4. The minimum absolute atomic E-state index is 0.164. The Labute approximate surface area is 100 Å². The molecule has 0 amide bonds. The van der Waals surface area contributed by atoms with Crippen LogP contribution in [0.2, 0.25) is 6.04 Å². The Hall–Kier alpha value is 0.207. The van der Waals surface area contributed by atoms with Gasteiger partial charge >= 0.3 is 0 Å². The van der Waals surface area contributed by atoms with Crippen LogP contribution >= 0.6 is 26.9 Å². The van der Waals surface area contributed by atoms with Crippen LogP contribution in [0, 0.1) is 0 Å². The quantitative estimate of drug-likeness (QED) is 0.451. The van der Waals surface area contributed by atoms with Gasteiger partial charge in [-0.2, -0.15) is 0 Å². The van der Waals surface area contributed by atoms with Gasteiger partial charge in [0.1, 0.15) is 0 Å². The van der Waals surface area contributed by atoms with Crippen molar-refractivity contribution in [1.29, 1.82) is 0 Å². The van der Waals surface area contributed by atoms with E-state index in [1.54, 1.807) is 0 Å². The summed E-state index contributed by atoms with van der Waals surface area (Å²) in [5.74, 6) is 0. The summed E-state index contributed by atoms with van der Waals surface area (Å²) >= 11 is 10.4. The predicted octanol–water partition coefficient (Wildman–Crippen LogP) is 3.81. The molecular formula is C11H16BrClSi. The van der Waals surface area contributed by atoms with Crippen LogP contribution in [0.5, 0.6) is 0 Å². The number of rotatable bonds is 3. The maximum atomic E-state index is 6.49. The zero-order valence-corrected chi connectivity index (χ0v) is 12.2.